The van der Waals surface area contributed by atoms with Crippen LogP contribution in [0.4, 0.5) is 0 Å². The minimum atomic E-state index is -0.815. The number of carbonyl (C=O) groups is 2. The van der Waals surface area contributed by atoms with Crippen LogP contribution in [0.2, 0.25) is 10.0 Å². The first-order valence-electron chi connectivity index (χ1n) is 10.2. The summed E-state index contributed by atoms with van der Waals surface area (Å²) in [5.41, 5.74) is 0.994. The second kappa shape index (κ2) is 9.93. The number of rotatable bonds is 5. The Bertz CT molecular complexity index is 1070. The molecule has 2 fully saturated rings. The quantitative estimate of drug-likeness (QED) is 0.344. The van der Waals surface area contributed by atoms with E-state index in [2.05, 4.69) is 20.8 Å². The second-order valence-electron chi connectivity index (χ2n) is 7.62. The van der Waals surface area contributed by atoms with Crippen molar-refractivity contribution in [3.63, 3.8) is 0 Å². The molecule has 0 bridgehead atoms. The molecule has 168 valence electrons. The Morgan fingerprint density at radius 1 is 1.06 bits per heavy atom. The van der Waals surface area contributed by atoms with E-state index in [4.69, 9.17) is 27.9 Å². The molecule has 6 nitrogen and oxygen atoms in total. The molecule has 2 aliphatic rings. The lowest BCUT2D eigenvalue weighted by atomic mass is 9.95. The molecule has 0 unspecified atom stereocenters. The number of morpholine rings is 1. The topological polar surface area (TPSA) is 70.1 Å². The van der Waals surface area contributed by atoms with E-state index < -0.39 is 17.7 Å². The number of carbonyl (C=O) groups excluding carboxylic acids is 2. The van der Waals surface area contributed by atoms with Crippen molar-refractivity contribution in [3.8, 4) is 0 Å². The highest BCUT2D eigenvalue weighted by Gasteiger charge is 2.46. The average molecular weight is 540 g/mol. The summed E-state index contributed by atoms with van der Waals surface area (Å²) in [7, 11) is 0. The Kier molecular flexibility index (Phi) is 7.22. The number of hydrogen-bond acceptors (Lipinski definition) is 5. The molecule has 2 heterocycles. The molecule has 9 heteroatoms. The van der Waals surface area contributed by atoms with E-state index in [1.54, 1.807) is 42.5 Å². The standard InChI is InChI=1S/C23H21BrCl2N2O4/c24-15-3-1-14(2-4-15)21(29)19-20(17-6-5-16(25)13-18(17)26)28(23(31)22(19)30)8-7-27-9-11-32-12-10-27/h1-6,13,20,29H,7-12H2/t20-/m1/s1. The molecular weight excluding hydrogens is 519 g/mol. The summed E-state index contributed by atoms with van der Waals surface area (Å²) in [6.45, 7) is 3.68. The summed E-state index contributed by atoms with van der Waals surface area (Å²) in [6, 6.07) is 11.0. The summed E-state index contributed by atoms with van der Waals surface area (Å²) >= 11 is 15.9. The van der Waals surface area contributed by atoms with Crippen LogP contribution in [0, 0.1) is 0 Å². The zero-order chi connectivity index (χ0) is 22.8. The Morgan fingerprint density at radius 2 is 1.75 bits per heavy atom. The number of likely N-dealkylation sites (tertiary alicyclic amines) is 1. The molecule has 2 aromatic carbocycles. The number of ether oxygens (including phenoxy) is 1. The van der Waals surface area contributed by atoms with Gasteiger partial charge in [0, 0.05) is 46.3 Å². The van der Waals surface area contributed by atoms with Gasteiger partial charge in [-0.05, 0) is 29.8 Å². The highest BCUT2D eigenvalue weighted by Crippen LogP contribution is 2.42. The molecule has 2 aliphatic heterocycles. The van der Waals surface area contributed by atoms with Gasteiger partial charge in [-0.15, -0.1) is 0 Å². The first-order valence-corrected chi connectivity index (χ1v) is 11.7. The molecular formula is C23H21BrCl2N2O4. The molecule has 1 atom stereocenters. The van der Waals surface area contributed by atoms with Crippen molar-refractivity contribution in [2.75, 3.05) is 39.4 Å². The number of nitrogens with zero attached hydrogens (tertiary/aromatic N) is 2. The highest BCUT2D eigenvalue weighted by molar-refractivity contribution is 9.10. The minimum absolute atomic E-state index is 0.0172. The van der Waals surface area contributed by atoms with Crippen LogP contribution in [-0.4, -0.2) is 66.0 Å². The zero-order valence-corrected chi connectivity index (χ0v) is 20.2. The first-order chi connectivity index (χ1) is 15.4. The van der Waals surface area contributed by atoms with Crippen LogP contribution in [0.3, 0.4) is 0 Å². The molecule has 0 radical (unpaired) electrons. The largest absolute Gasteiger partial charge is 0.507 e. The Balaban J connectivity index is 1.76. The lowest BCUT2D eigenvalue weighted by Gasteiger charge is -2.31. The monoisotopic (exact) mass is 538 g/mol. The van der Waals surface area contributed by atoms with E-state index in [0.717, 1.165) is 17.6 Å². The van der Waals surface area contributed by atoms with Crippen molar-refractivity contribution in [1.82, 2.24) is 9.80 Å². The third-order valence-corrected chi connectivity index (χ3v) is 6.77. The maximum absolute atomic E-state index is 13.1. The van der Waals surface area contributed by atoms with Crippen molar-refractivity contribution < 1.29 is 19.4 Å². The number of benzene rings is 2. The molecule has 1 amide bonds. The smallest absolute Gasteiger partial charge is 0.295 e. The molecule has 2 aromatic rings. The van der Waals surface area contributed by atoms with Crippen LogP contribution >= 0.6 is 39.1 Å². The van der Waals surface area contributed by atoms with Gasteiger partial charge in [-0.25, -0.2) is 0 Å². The lowest BCUT2D eigenvalue weighted by Crippen LogP contribution is -2.42. The van der Waals surface area contributed by atoms with Crippen molar-refractivity contribution in [1.29, 1.82) is 0 Å². The fourth-order valence-electron chi connectivity index (χ4n) is 3.99. The van der Waals surface area contributed by atoms with Gasteiger partial charge >= 0.3 is 0 Å². The number of Topliss-reactive ketones (excluding diaryl/α,β-unsaturated/α-hetero) is 1. The minimum Gasteiger partial charge on any atom is -0.507 e. The molecule has 0 aliphatic carbocycles. The molecule has 0 aromatic heterocycles. The number of ketones is 1. The van der Waals surface area contributed by atoms with E-state index in [9.17, 15) is 14.7 Å². The predicted octanol–water partition coefficient (Wildman–Crippen LogP) is 4.51. The van der Waals surface area contributed by atoms with Gasteiger partial charge in [-0.1, -0.05) is 57.3 Å². The van der Waals surface area contributed by atoms with Gasteiger partial charge in [-0.2, -0.15) is 0 Å². The van der Waals surface area contributed by atoms with Gasteiger partial charge in [0.05, 0.1) is 24.8 Å². The second-order valence-corrected chi connectivity index (χ2v) is 9.38. The molecule has 1 N–H and O–H groups in total. The molecule has 32 heavy (non-hydrogen) atoms. The average Bonchev–Trinajstić information content (AvgIpc) is 3.03. The fraction of sp³-hybridized carbons (Fsp3) is 0.304. The van der Waals surface area contributed by atoms with Gasteiger partial charge < -0.3 is 14.7 Å². The maximum Gasteiger partial charge on any atom is 0.295 e. The fourth-order valence-corrected chi connectivity index (χ4v) is 4.77. The van der Waals surface area contributed by atoms with E-state index >= 15 is 0 Å². The summed E-state index contributed by atoms with van der Waals surface area (Å²) in [6.07, 6.45) is 0. The molecule has 2 saturated heterocycles. The van der Waals surface area contributed by atoms with Gasteiger partial charge in [-0.3, -0.25) is 14.5 Å². The van der Waals surface area contributed by atoms with Gasteiger partial charge in [0.2, 0.25) is 0 Å². The summed E-state index contributed by atoms with van der Waals surface area (Å²) in [4.78, 5) is 29.8. The van der Waals surface area contributed by atoms with E-state index in [1.165, 1.54) is 4.90 Å². The van der Waals surface area contributed by atoms with Gasteiger partial charge in [0.15, 0.2) is 0 Å². The number of aliphatic hydroxyl groups is 1. The normalized spacial score (nSPS) is 21.3. The van der Waals surface area contributed by atoms with Crippen LogP contribution in [0.5, 0.6) is 0 Å². The molecule has 4 rings (SSSR count). The highest BCUT2D eigenvalue weighted by atomic mass is 79.9. The molecule has 0 saturated carbocycles. The Labute approximate surface area is 204 Å². The zero-order valence-electron chi connectivity index (χ0n) is 17.1. The number of hydrogen-bond donors (Lipinski definition) is 1. The van der Waals surface area contributed by atoms with Crippen molar-refractivity contribution >= 4 is 56.6 Å². The van der Waals surface area contributed by atoms with Crippen LogP contribution < -0.4 is 0 Å². The van der Waals surface area contributed by atoms with Crippen molar-refractivity contribution in [3.05, 3.63) is 73.7 Å². The van der Waals surface area contributed by atoms with E-state index in [-0.39, 0.29) is 11.3 Å². The van der Waals surface area contributed by atoms with Gasteiger partial charge in [0.25, 0.3) is 11.7 Å². The predicted molar refractivity (Wildman–Crippen MR) is 127 cm³/mol. The molecule has 0 spiro atoms. The van der Waals surface area contributed by atoms with E-state index in [1.807, 2.05) is 0 Å². The van der Waals surface area contributed by atoms with Crippen LogP contribution in [0.15, 0.2) is 52.5 Å². The van der Waals surface area contributed by atoms with Crippen LogP contribution in [-0.2, 0) is 14.3 Å². The van der Waals surface area contributed by atoms with Gasteiger partial charge in [0.1, 0.15) is 5.76 Å². The number of aliphatic hydroxyl groups excluding tert-OH is 1. The summed E-state index contributed by atoms with van der Waals surface area (Å²) < 4.78 is 6.21. The van der Waals surface area contributed by atoms with Crippen molar-refractivity contribution in [2.24, 2.45) is 0 Å². The van der Waals surface area contributed by atoms with Crippen LogP contribution in [0.1, 0.15) is 17.2 Å². The lowest BCUT2D eigenvalue weighted by molar-refractivity contribution is -0.140. The van der Waals surface area contributed by atoms with E-state index in [0.29, 0.717) is 47.5 Å². The first kappa shape index (κ1) is 23.3. The number of halogens is 3. The SMILES string of the molecule is O=C1C(=O)N(CCN2CCOCC2)[C@H](c2ccc(Cl)cc2Cl)C1=C(O)c1ccc(Br)cc1. The summed E-state index contributed by atoms with van der Waals surface area (Å²) in [5.74, 6) is -1.63. The third-order valence-electron chi connectivity index (χ3n) is 5.68. The third kappa shape index (κ3) is 4.72. The maximum atomic E-state index is 13.1. The Hall–Kier alpha value is -1.90. The number of amides is 1. The van der Waals surface area contributed by atoms with Crippen LogP contribution in [0.25, 0.3) is 5.76 Å². The Morgan fingerprint density at radius 3 is 2.41 bits per heavy atom. The van der Waals surface area contributed by atoms with Crippen molar-refractivity contribution in [2.45, 2.75) is 6.04 Å². The summed E-state index contributed by atoms with van der Waals surface area (Å²) in [5, 5.41) is 11.8.